The van der Waals surface area contributed by atoms with Crippen molar-refractivity contribution in [2.45, 2.75) is 78.0 Å². The van der Waals surface area contributed by atoms with Gasteiger partial charge in [-0.2, -0.15) is 0 Å². The Morgan fingerprint density at radius 1 is 1.02 bits per heavy atom. The molecular weight excluding hydrogens is 502 g/mol. The van der Waals surface area contributed by atoms with Crippen LogP contribution in [-0.4, -0.2) is 67.0 Å². The summed E-state index contributed by atoms with van der Waals surface area (Å²) in [5, 5.41) is 3.05. The smallest absolute Gasteiger partial charge is 0.234 e. The Morgan fingerprint density at radius 3 is 2.60 bits per heavy atom. The summed E-state index contributed by atoms with van der Waals surface area (Å²) in [6, 6.07) is 16.8. The first-order valence-electron chi connectivity index (χ1n) is 15.1. The van der Waals surface area contributed by atoms with E-state index >= 15 is 0 Å². The van der Waals surface area contributed by atoms with Gasteiger partial charge in [0.2, 0.25) is 11.8 Å². The van der Waals surface area contributed by atoms with E-state index in [0.29, 0.717) is 45.1 Å². The van der Waals surface area contributed by atoms with Gasteiger partial charge in [-0.25, -0.2) is 0 Å². The summed E-state index contributed by atoms with van der Waals surface area (Å²) in [5.41, 5.74) is 3.42. The maximum absolute atomic E-state index is 13.0. The molecule has 4 rings (SSSR count). The van der Waals surface area contributed by atoms with Crippen LogP contribution in [0, 0.1) is 5.92 Å². The first-order valence-corrected chi connectivity index (χ1v) is 15.1. The molecule has 7 nitrogen and oxygen atoms in total. The molecule has 0 unspecified atom stereocenters. The summed E-state index contributed by atoms with van der Waals surface area (Å²) in [6.45, 7) is 9.65. The van der Waals surface area contributed by atoms with E-state index in [1.165, 1.54) is 5.56 Å². The van der Waals surface area contributed by atoms with E-state index in [2.05, 4.69) is 48.3 Å². The van der Waals surface area contributed by atoms with E-state index in [9.17, 15) is 9.59 Å². The number of rotatable bonds is 8. The predicted octanol–water partition coefficient (Wildman–Crippen LogP) is 4.96. The van der Waals surface area contributed by atoms with E-state index in [-0.39, 0.29) is 17.9 Å². The Kier molecular flexibility index (Phi) is 11.9. The lowest BCUT2D eigenvalue weighted by molar-refractivity contribution is -0.132. The minimum atomic E-state index is 0.0729. The van der Waals surface area contributed by atoms with Gasteiger partial charge in [-0.15, -0.1) is 0 Å². The highest BCUT2D eigenvalue weighted by Crippen LogP contribution is 2.25. The normalized spacial score (nSPS) is 18.2. The number of likely N-dealkylation sites (tertiary alicyclic amines) is 1. The van der Waals surface area contributed by atoms with Gasteiger partial charge in [-0.05, 0) is 75.5 Å². The number of carbonyl (C=O) groups is 2. The van der Waals surface area contributed by atoms with Crippen molar-refractivity contribution in [3.8, 4) is 5.75 Å². The third-order valence-electron chi connectivity index (χ3n) is 8.04. The first-order chi connectivity index (χ1) is 19.5. The molecule has 2 aromatic rings. The number of ether oxygens (including phenoxy) is 2. The van der Waals surface area contributed by atoms with Crippen molar-refractivity contribution >= 4 is 11.8 Å². The molecule has 2 heterocycles. The summed E-state index contributed by atoms with van der Waals surface area (Å²) < 4.78 is 12.1. The lowest BCUT2D eigenvalue weighted by atomic mass is 9.97. The number of nitrogens with one attached hydrogen (secondary N) is 1. The van der Waals surface area contributed by atoms with Crippen molar-refractivity contribution in [3.05, 3.63) is 65.2 Å². The third-order valence-corrected chi connectivity index (χ3v) is 8.04. The summed E-state index contributed by atoms with van der Waals surface area (Å²) in [5.74, 6) is 1.70. The molecule has 40 heavy (non-hydrogen) atoms. The van der Waals surface area contributed by atoms with E-state index < -0.39 is 0 Å². The summed E-state index contributed by atoms with van der Waals surface area (Å²) in [4.78, 5) is 29.8. The molecule has 2 amide bonds. The zero-order valence-corrected chi connectivity index (χ0v) is 24.4. The molecular formula is C33H47N3O4. The highest BCUT2D eigenvalue weighted by molar-refractivity contribution is 5.78. The average Bonchev–Trinajstić information content (AvgIpc) is 2.98. The standard InChI is InChI=1S/C33H47N3O4/c1-26(2)36-22-30-21-27(11-13-31(30)40-20-8-4-7-17-34-32(37)23-36)12-14-33(38)35-18-15-29(16-19-35)25-39-24-28-9-5-3-6-10-28/h3,5-6,9-11,13,21,26,29H,4,7-8,12,14-20,22-25H2,1-2H3,(H,34,37). The lowest BCUT2D eigenvalue weighted by Gasteiger charge is -2.32. The Morgan fingerprint density at radius 2 is 1.82 bits per heavy atom. The molecule has 1 fully saturated rings. The lowest BCUT2D eigenvalue weighted by Crippen LogP contribution is -2.40. The highest BCUT2D eigenvalue weighted by Gasteiger charge is 2.23. The Labute approximate surface area is 240 Å². The Balaban J connectivity index is 1.28. The molecule has 218 valence electrons. The molecule has 0 radical (unpaired) electrons. The van der Waals surface area contributed by atoms with E-state index in [4.69, 9.17) is 9.47 Å². The summed E-state index contributed by atoms with van der Waals surface area (Å²) in [7, 11) is 0. The third kappa shape index (κ3) is 9.63. The van der Waals surface area contributed by atoms with Gasteiger partial charge in [0.05, 0.1) is 19.8 Å². The number of hydrogen-bond donors (Lipinski definition) is 1. The maximum atomic E-state index is 13.0. The number of piperidine rings is 1. The number of amides is 2. The average molecular weight is 550 g/mol. The minimum Gasteiger partial charge on any atom is -0.493 e. The zero-order valence-electron chi connectivity index (χ0n) is 24.4. The number of fused-ring (bicyclic) bond motifs is 1. The van der Waals surface area contributed by atoms with Gasteiger partial charge in [0, 0.05) is 50.8 Å². The number of benzene rings is 2. The van der Waals surface area contributed by atoms with Crippen LogP contribution in [0.1, 0.15) is 69.1 Å². The number of carbonyl (C=O) groups excluding carboxylic acids is 2. The largest absolute Gasteiger partial charge is 0.493 e. The van der Waals surface area contributed by atoms with Crippen molar-refractivity contribution in [2.24, 2.45) is 5.92 Å². The second-order valence-corrected chi connectivity index (χ2v) is 11.5. The van der Waals surface area contributed by atoms with Crippen LogP contribution in [0.3, 0.4) is 0 Å². The zero-order chi connectivity index (χ0) is 28.2. The van der Waals surface area contributed by atoms with Crippen LogP contribution >= 0.6 is 0 Å². The van der Waals surface area contributed by atoms with Gasteiger partial charge in [-0.1, -0.05) is 42.5 Å². The molecule has 1 N–H and O–H groups in total. The van der Waals surface area contributed by atoms with Crippen molar-refractivity contribution in [2.75, 3.05) is 39.4 Å². The van der Waals surface area contributed by atoms with Gasteiger partial charge in [-0.3, -0.25) is 14.5 Å². The minimum absolute atomic E-state index is 0.0729. The van der Waals surface area contributed by atoms with Gasteiger partial charge >= 0.3 is 0 Å². The van der Waals surface area contributed by atoms with Crippen LogP contribution in [0.15, 0.2) is 48.5 Å². The van der Waals surface area contributed by atoms with Gasteiger partial charge < -0.3 is 19.7 Å². The molecule has 2 aromatic carbocycles. The predicted molar refractivity (Wildman–Crippen MR) is 158 cm³/mol. The van der Waals surface area contributed by atoms with Crippen LogP contribution in [-0.2, 0) is 33.9 Å². The van der Waals surface area contributed by atoms with Crippen LogP contribution in [0.25, 0.3) is 0 Å². The molecule has 0 atom stereocenters. The van der Waals surface area contributed by atoms with Gasteiger partial charge in [0.15, 0.2) is 0 Å². The second-order valence-electron chi connectivity index (χ2n) is 11.5. The molecule has 1 saturated heterocycles. The first kappa shape index (κ1) is 30.1. The maximum Gasteiger partial charge on any atom is 0.234 e. The van der Waals surface area contributed by atoms with Crippen molar-refractivity contribution in [1.29, 1.82) is 0 Å². The van der Waals surface area contributed by atoms with Crippen molar-refractivity contribution in [3.63, 3.8) is 0 Å². The fraction of sp³-hybridized carbons (Fsp3) is 0.576. The highest BCUT2D eigenvalue weighted by atomic mass is 16.5. The van der Waals surface area contributed by atoms with E-state index in [1.807, 2.05) is 29.2 Å². The second kappa shape index (κ2) is 15.8. The number of aryl methyl sites for hydroxylation is 1. The van der Waals surface area contributed by atoms with Crippen LogP contribution in [0.4, 0.5) is 0 Å². The molecule has 0 aliphatic carbocycles. The van der Waals surface area contributed by atoms with Gasteiger partial charge in [0.1, 0.15) is 5.75 Å². The SMILES string of the molecule is CC(C)N1CC(=O)NCCCCCOc2ccc(CCC(=O)N3CCC(COCc4ccccc4)CC3)cc2C1. The quantitative estimate of drug-likeness (QED) is 0.504. The number of hydrogen-bond acceptors (Lipinski definition) is 5. The Hall–Kier alpha value is -2.90. The molecule has 7 heteroatoms. The van der Waals surface area contributed by atoms with Crippen molar-refractivity contribution < 1.29 is 19.1 Å². The molecule has 0 spiro atoms. The van der Waals surface area contributed by atoms with Crippen LogP contribution < -0.4 is 10.1 Å². The fourth-order valence-electron chi connectivity index (χ4n) is 5.42. The van der Waals surface area contributed by atoms with Crippen LogP contribution in [0.2, 0.25) is 0 Å². The van der Waals surface area contributed by atoms with E-state index in [1.54, 1.807) is 0 Å². The Bertz CT molecular complexity index is 1070. The summed E-state index contributed by atoms with van der Waals surface area (Å²) >= 11 is 0. The molecule has 2 aliphatic rings. The van der Waals surface area contributed by atoms with Crippen molar-refractivity contribution in [1.82, 2.24) is 15.1 Å². The molecule has 0 saturated carbocycles. The van der Waals surface area contributed by atoms with Gasteiger partial charge in [0.25, 0.3) is 0 Å². The van der Waals surface area contributed by atoms with E-state index in [0.717, 1.165) is 75.2 Å². The monoisotopic (exact) mass is 549 g/mol. The molecule has 2 aliphatic heterocycles. The molecule has 0 bridgehead atoms. The summed E-state index contributed by atoms with van der Waals surface area (Å²) in [6.07, 6.45) is 6.16. The fourth-order valence-corrected chi connectivity index (χ4v) is 5.42. The number of nitrogens with zero attached hydrogens (tertiary/aromatic N) is 2. The van der Waals surface area contributed by atoms with Crippen LogP contribution in [0.5, 0.6) is 5.75 Å². The molecule has 0 aromatic heterocycles. The topological polar surface area (TPSA) is 71.1 Å².